The van der Waals surface area contributed by atoms with Crippen molar-refractivity contribution < 1.29 is 5.11 Å². The van der Waals surface area contributed by atoms with Crippen LogP contribution in [-0.4, -0.2) is 15.1 Å². The first-order chi connectivity index (χ1) is 8.67. The van der Waals surface area contributed by atoms with Crippen molar-refractivity contribution in [2.75, 3.05) is 5.32 Å². The van der Waals surface area contributed by atoms with Gasteiger partial charge in [0.25, 0.3) is 0 Å². The molecule has 0 saturated heterocycles. The van der Waals surface area contributed by atoms with Crippen molar-refractivity contribution in [2.24, 2.45) is 0 Å². The second-order valence-electron chi connectivity index (χ2n) is 4.00. The second-order valence-corrected chi connectivity index (χ2v) is 4.33. The molecule has 0 radical (unpaired) electrons. The molecule has 4 nitrogen and oxygen atoms in total. The van der Waals surface area contributed by atoms with Crippen LogP contribution in [0.15, 0.2) is 30.3 Å². The van der Waals surface area contributed by atoms with Crippen LogP contribution in [0.1, 0.15) is 16.8 Å². The Balaban J connectivity index is 2.06. The average molecular weight is 264 g/mol. The van der Waals surface area contributed by atoms with Crippen LogP contribution in [0, 0.1) is 6.92 Å². The predicted octanol–water partition coefficient (Wildman–Crippen LogP) is 2.54. The monoisotopic (exact) mass is 263 g/mol. The van der Waals surface area contributed by atoms with Gasteiger partial charge < -0.3 is 10.4 Å². The number of nitrogens with one attached hydrogen (secondary N) is 1. The third-order valence-corrected chi connectivity index (χ3v) is 2.64. The Bertz CT molecular complexity index is 525. The van der Waals surface area contributed by atoms with E-state index < -0.39 is 0 Å². The number of aryl methyl sites for hydroxylation is 1. The summed E-state index contributed by atoms with van der Waals surface area (Å²) in [6, 6.07) is 9.57. The molecule has 1 aromatic heterocycles. The summed E-state index contributed by atoms with van der Waals surface area (Å²) < 4.78 is 0. The van der Waals surface area contributed by atoms with Gasteiger partial charge in [0.15, 0.2) is 0 Å². The Kier molecular flexibility index (Phi) is 4.12. The third kappa shape index (κ3) is 3.42. The molecule has 2 N–H and O–H groups in total. The van der Waals surface area contributed by atoms with Crippen LogP contribution in [-0.2, 0) is 13.2 Å². The SMILES string of the molecule is Cc1cc(NCc2cccc(CO)c2)nc(Cl)n1. The molecule has 0 bridgehead atoms. The maximum absolute atomic E-state index is 9.06. The van der Waals surface area contributed by atoms with E-state index in [9.17, 15) is 0 Å². The van der Waals surface area contributed by atoms with Crippen molar-refractivity contribution in [3.05, 3.63) is 52.4 Å². The molecule has 0 fully saturated rings. The fourth-order valence-corrected chi connectivity index (χ4v) is 1.88. The zero-order valence-corrected chi connectivity index (χ0v) is 10.8. The van der Waals surface area contributed by atoms with Crippen molar-refractivity contribution in [3.8, 4) is 0 Å². The van der Waals surface area contributed by atoms with E-state index in [0.29, 0.717) is 12.4 Å². The molecule has 0 atom stereocenters. The summed E-state index contributed by atoms with van der Waals surface area (Å²) in [6.45, 7) is 2.54. The van der Waals surface area contributed by atoms with Crippen molar-refractivity contribution >= 4 is 17.4 Å². The molecule has 0 amide bonds. The van der Waals surface area contributed by atoms with Crippen LogP contribution < -0.4 is 5.32 Å². The Hall–Kier alpha value is -1.65. The van der Waals surface area contributed by atoms with Gasteiger partial charge in [0.05, 0.1) is 6.61 Å². The summed E-state index contributed by atoms with van der Waals surface area (Å²) in [6.07, 6.45) is 0. The number of aliphatic hydroxyl groups is 1. The zero-order chi connectivity index (χ0) is 13.0. The molecule has 94 valence electrons. The van der Waals surface area contributed by atoms with E-state index in [2.05, 4.69) is 15.3 Å². The van der Waals surface area contributed by atoms with Gasteiger partial charge >= 0.3 is 0 Å². The van der Waals surface area contributed by atoms with Gasteiger partial charge in [-0.15, -0.1) is 0 Å². The summed E-state index contributed by atoms with van der Waals surface area (Å²) in [5.74, 6) is 0.696. The minimum absolute atomic E-state index is 0.0479. The summed E-state index contributed by atoms with van der Waals surface area (Å²) in [5.41, 5.74) is 2.79. The highest BCUT2D eigenvalue weighted by molar-refractivity contribution is 6.28. The first-order valence-corrected chi connectivity index (χ1v) is 5.99. The molecule has 1 aromatic carbocycles. The van der Waals surface area contributed by atoms with E-state index in [-0.39, 0.29) is 11.9 Å². The molecule has 0 spiro atoms. The van der Waals surface area contributed by atoms with Crippen LogP contribution in [0.4, 0.5) is 5.82 Å². The molecule has 5 heteroatoms. The zero-order valence-electron chi connectivity index (χ0n) is 10.0. The minimum Gasteiger partial charge on any atom is -0.392 e. The fourth-order valence-electron chi connectivity index (χ4n) is 1.65. The third-order valence-electron chi connectivity index (χ3n) is 2.47. The number of rotatable bonds is 4. The number of hydrogen-bond donors (Lipinski definition) is 2. The standard InChI is InChI=1S/C13H14ClN3O/c1-9-5-12(17-13(14)16-9)15-7-10-3-2-4-11(6-10)8-18/h2-6,18H,7-8H2,1H3,(H,15,16,17). The van der Waals surface area contributed by atoms with Gasteiger partial charge in [0.1, 0.15) is 5.82 Å². The van der Waals surface area contributed by atoms with Gasteiger partial charge in [-0.25, -0.2) is 9.97 Å². The van der Waals surface area contributed by atoms with Crippen LogP contribution in [0.2, 0.25) is 5.28 Å². The first kappa shape index (κ1) is 12.8. The first-order valence-electron chi connectivity index (χ1n) is 5.61. The Morgan fingerprint density at radius 2 is 2.00 bits per heavy atom. The Morgan fingerprint density at radius 1 is 1.22 bits per heavy atom. The number of halogens is 1. The van der Waals surface area contributed by atoms with Crippen LogP contribution in [0.5, 0.6) is 0 Å². The van der Waals surface area contributed by atoms with Crippen molar-refractivity contribution in [1.82, 2.24) is 9.97 Å². The Morgan fingerprint density at radius 3 is 2.72 bits per heavy atom. The van der Waals surface area contributed by atoms with Crippen LogP contribution >= 0.6 is 11.6 Å². The van der Waals surface area contributed by atoms with E-state index in [4.69, 9.17) is 16.7 Å². The molecule has 18 heavy (non-hydrogen) atoms. The summed E-state index contributed by atoms with van der Waals surface area (Å²) in [7, 11) is 0. The van der Waals surface area contributed by atoms with E-state index in [0.717, 1.165) is 16.8 Å². The van der Waals surface area contributed by atoms with Gasteiger partial charge in [0.2, 0.25) is 5.28 Å². The van der Waals surface area contributed by atoms with Gasteiger partial charge in [0, 0.05) is 18.3 Å². The maximum atomic E-state index is 9.06. The highest BCUT2D eigenvalue weighted by atomic mass is 35.5. The number of aliphatic hydroxyl groups excluding tert-OH is 1. The van der Waals surface area contributed by atoms with Crippen LogP contribution in [0.3, 0.4) is 0 Å². The fraction of sp³-hybridized carbons (Fsp3) is 0.231. The molecular weight excluding hydrogens is 250 g/mol. The number of aromatic nitrogens is 2. The molecule has 2 aromatic rings. The number of hydrogen-bond acceptors (Lipinski definition) is 4. The molecule has 0 aliphatic heterocycles. The van der Waals surface area contributed by atoms with E-state index >= 15 is 0 Å². The molecular formula is C13H14ClN3O. The van der Waals surface area contributed by atoms with Gasteiger partial charge in [-0.1, -0.05) is 24.3 Å². The van der Waals surface area contributed by atoms with E-state index in [1.807, 2.05) is 37.3 Å². The van der Waals surface area contributed by atoms with Crippen molar-refractivity contribution in [3.63, 3.8) is 0 Å². The number of nitrogens with zero attached hydrogens (tertiary/aromatic N) is 2. The lowest BCUT2D eigenvalue weighted by molar-refractivity contribution is 0.281. The molecule has 0 aliphatic rings. The maximum Gasteiger partial charge on any atom is 0.224 e. The van der Waals surface area contributed by atoms with Crippen molar-refractivity contribution in [2.45, 2.75) is 20.1 Å². The lowest BCUT2D eigenvalue weighted by atomic mass is 10.1. The van der Waals surface area contributed by atoms with Gasteiger partial charge in [-0.3, -0.25) is 0 Å². The summed E-state index contributed by atoms with van der Waals surface area (Å²) in [4.78, 5) is 8.08. The lowest BCUT2D eigenvalue weighted by Crippen LogP contribution is -2.03. The summed E-state index contributed by atoms with van der Waals surface area (Å²) in [5, 5.41) is 12.5. The predicted molar refractivity (Wildman–Crippen MR) is 71.5 cm³/mol. The van der Waals surface area contributed by atoms with E-state index in [1.54, 1.807) is 0 Å². The molecule has 0 saturated carbocycles. The molecule has 0 aliphatic carbocycles. The summed E-state index contributed by atoms with van der Waals surface area (Å²) >= 11 is 5.78. The second kappa shape index (κ2) is 5.80. The smallest absolute Gasteiger partial charge is 0.224 e. The van der Waals surface area contributed by atoms with Gasteiger partial charge in [-0.05, 0) is 29.7 Å². The lowest BCUT2D eigenvalue weighted by Gasteiger charge is -2.07. The van der Waals surface area contributed by atoms with Gasteiger partial charge in [-0.2, -0.15) is 0 Å². The number of anilines is 1. The topological polar surface area (TPSA) is 58.0 Å². The van der Waals surface area contributed by atoms with E-state index in [1.165, 1.54) is 0 Å². The highest BCUT2D eigenvalue weighted by Gasteiger charge is 2.00. The quantitative estimate of drug-likeness (QED) is 0.833. The highest BCUT2D eigenvalue weighted by Crippen LogP contribution is 2.12. The minimum atomic E-state index is 0.0479. The Labute approximate surface area is 111 Å². The average Bonchev–Trinajstić information content (AvgIpc) is 2.35. The molecule has 0 unspecified atom stereocenters. The number of benzene rings is 1. The normalized spacial score (nSPS) is 10.4. The van der Waals surface area contributed by atoms with Crippen LogP contribution in [0.25, 0.3) is 0 Å². The molecule has 2 rings (SSSR count). The van der Waals surface area contributed by atoms with Crippen molar-refractivity contribution in [1.29, 1.82) is 0 Å². The largest absolute Gasteiger partial charge is 0.392 e. The molecule has 1 heterocycles.